The lowest BCUT2D eigenvalue weighted by Crippen LogP contribution is -2.42. The lowest BCUT2D eigenvalue weighted by atomic mass is 10.8. The Morgan fingerprint density at radius 3 is 2.56 bits per heavy atom. The van der Waals surface area contributed by atoms with E-state index < -0.39 is 6.03 Å². The largest absolute Gasteiger partial charge is 0.337 e. The fourth-order valence-electron chi connectivity index (χ4n) is 0.243. The molecule has 0 aliphatic heterocycles. The van der Waals surface area contributed by atoms with Crippen molar-refractivity contribution in [2.45, 2.75) is 0 Å². The lowest BCUT2D eigenvalue weighted by molar-refractivity contribution is -0.114. The Kier molecular flexibility index (Phi) is 3.38. The molecule has 0 atom stereocenters. The van der Waals surface area contributed by atoms with Gasteiger partial charge in [-0.2, -0.15) is 0 Å². The molecule has 0 saturated carbocycles. The molecule has 0 aromatic rings. The third kappa shape index (κ3) is 2.65. The third-order valence-corrected chi connectivity index (χ3v) is 0.710. The van der Waals surface area contributed by atoms with Gasteiger partial charge in [-0.3, -0.25) is 15.1 Å². The first-order valence-corrected chi connectivity index (χ1v) is 2.37. The van der Waals surface area contributed by atoms with Crippen LogP contribution in [0.1, 0.15) is 0 Å². The van der Waals surface area contributed by atoms with Gasteiger partial charge in [-0.15, -0.1) is 0 Å². The van der Waals surface area contributed by atoms with Gasteiger partial charge in [0.2, 0.25) is 6.41 Å². The topological polar surface area (TPSA) is 61.4 Å². The van der Waals surface area contributed by atoms with Crippen molar-refractivity contribution in [3.05, 3.63) is 0 Å². The van der Waals surface area contributed by atoms with Crippen molar-refractivity contribution < 1.29 is 9.59 Å². The van der Waals surface area contributed by atoms with E-state index in [1.54, 1.807) is 0 Å². The normalized spacial score (nSPS) is 8.22. The smallest absolute Gasteiger partial charge is 0.278 e. The lowest BCUT2D eigenvalue weighted by Gasteiger charge is -2.07. The molecule has 0 rings (SSSR count). The van der Waals surface area contributed by atoms with Crippen molar-refractivity contribution in [1.82, 2.24) is 15.8 Å². The Hall–Kier alpha value is -1.10. The number of carbonyl (C=O) groups is 2. The zero-order chi connectivity index (χ0) is 7.28. The van der Waals surface area contributed by atoms with E-state index in [1.165, 1.54) is 14.1 Å². The minimum absolute atomic E-state index is 0.423. The van der Waals surface area contributed by atoms with Gasteiger partial charge in [-0.1, -0.05) is 0 Å². The zero-order valence-electron chi connectivity index (χ0n) is 5.34. The number of urea groups is 1. The molecule has 0 bridgehead atoms. The number of amides is 3. The molecular formula is C4H9N3O2. The van der Waals surface area contributed by atoms with Gasteiger partial charge in [0, 0.05) is 14.1 Å². The molecule has 0 aromatic carbocycles. The van der Waals surface area contributed by atoms with Gasteiger partial charge in [0.25, 0.3) is 0 Å². The van der Waals surface area contributed by atoms with Crippen LogP contribution in [-0.2, 0) is 4.79 Å². The molecule has 0 unspecified atom stereocenters. The summed E-state index contributed by atoms with van der Waals surface area (Å²) in [6.07, 6.45) is 0.423. The first kappa shape index (κ1) is 7.90. The van der Waals surface area contributed by atoms with Crippen molar-refractivity contribution in [3.63, 3.8) is 0 Å². The van der Waals surface area contributed by atoms with Gasteiger partial charge < -0.3 is 0 Å². The highest BCUT2D eigenvalue weighted by Crippen LogP contribution is 1.72. The summed E-state index contributed by atoms with van der Waals surface area (Å²) in [5.74, 6) is 0. The number of hydrazine groups is 1. The molecule has 0 aliphatic rings. The van der Waals surface area contributed by atoms with Crippen LogP contribution in [0.25, 0.3) is 0 Å². The van der Waals surface area contributed by atoms with Crippen LogP contribution in [0.15, 0.2) is 0 Å². The van der Waals surface area contributed by atoms with E-state index in [-0.39, 0.29) is 0 Å². The van der Waals surface area contributed by atoms with Gasteiger partial charge in [0.05, 0.1) is 0 Å². The second-order valence-corrected chi connectivity index (χ2v) is 1.40. The maximum absolute atomic E-state index is 10.5. The van der Waals surface area contributed by atoms with Crippen molar-refractivity contribution in [2.75, 3.05) is 14.1 Å². The van der Waals surface area contributed by atoms with E-state index >= 15 is 0 Å². The quantitative estimate of drug-likeness (QED) is 0.370. The monoisotopic (exact) mass is 131 g/mol. The molecule has 5 heteroatoms. The van der Waals surface area contributed by atoms with E-state index in [2.05, 4.69) is 10.9 Å². The number of carbonyl (C=O) groups excluding carboxylic acids is 2. The van der Waals surface area contributed by atoms with Gasteiger partial charge in [0.15, 0.2) is 0 Å². The zero-order valence-corrected chi connectivity index (χ0v) is 5.34. The van der Waals surface area contributed by atoms with Gasteiger partial charge in [0.1, 0.15) is 0 Å². The van der Waals surface area contributed by atoms with Crippen molar-refractivity contribution >= 4 is 12.4 Å². The van der Waals surface area contributed by atoms with Crippen molar-refractivity contribution in [2.24, 2.45) is 0 Å². The van der Waals surface area contributed by atoms with Crippen LogP contribution >= 0.6 is 0 Å². The van der Waals surface area contributed by atoms with Crippen LogP contribution in [0.2, 0.25) is 0 Å². The minimum Gasteiger partial charge on any atom is -0.278 e. The molecule has 5 nitrogen and oxygen atoms in total. The van der Waals surface area contributed by atoms with Crippen LogP contribution < -0.4 is 10.9 Å². The van der Waals surface area contributed by atoms with Crippen LogP contribution in [-0.4, -0.2) is 31.4 Å². The summed E-state index contributed by atoms with van der Waals surface area (Å²) in [4.78, 5) is 21.2. The third-order valence-electron chi connectivity index (χ3n) is 0.710. The number of hydrogen-bond donors (Lipinski definition) is 2. The molecule has 0 aromatic heterocycles. The standard InChI is InChI=1S/C4H9N3O2/c1-5-6-4(9)7(2)3-8/h3,5H,1-2H3,(H,6,9). The van der Waals surface area contributed by atoms with Crippen molar-refractivity contribution in [1.29, 1.82) is 0 Å². The molecule has 0 aliphatic carbocycles. The van der Waals surface area contributed by atoms with E-state index in [4.69, 9.17) is 0 Å². The summed E-state index contributed by atoms with van der Waals surface area (Å²) in [5.41, 5.74) is 4.58. The Labute approximate surface area is 53.0 Å². The molecule has 0 spiro atoms. The highest BCUT2D eigenvalue weighted by Gasteiger charge is 2.02. The van der Waals surface area contributed by atoms with E-state index in [0.717, 1.165) is 4.90 Å². The Morgan fingerprint density at radius 1 is 1.67 bits per heavy atom. The van der Waals surface area contributed by atoms with E-state index in [9.17, 15) is 9.59 Å². The van der Waals surface area contributed by atoms with Crippen LogP contribution in [0, 0.1) is 0 Å². The fourth-order valence-corrected chi connectivity index (χ4v) is 0.243. The molecule has 0 radical (unpaired) electrons. The number of nitrogens with one attached hydrogen (secondary N) is 2. The molecule has 0 saturated heterocycles. The van der Waals surface area contributed by atoms with Gasteiger partial charge >= 0.3 is 6.03 Å². The Morgan fingerprint density at radius 2 is 2.22 bits per heavy atom. The Balaban J connectivity index is 3.58. The average Bonchev–Trinajstić information content (AvgIpc) is 1.87. The highest BCUT2D eigenvalue weighted by molar-refractivity contribution is 5.83. The summed E-state index contributed by atoms with van der Waals surface area (Å²) in [6, 6.07) is -0.479. The second-order valence-electron chi connectivity index (χ2n) is 1.40. The van der Waals surface area contributed by atoms with Gasteiger partial charge in [-0.25, -0.2) is 10.2 Å². The Bertz CT molecular complexity index is 114. The number of nitrogens with zero attached hydrogens (tertiary/aromatic N) is 1. The molecule has 9 heavy (non-hydrogen) atoms. The van der Waals surface area contributed by atoms with Crippen LogP contribution in [0.4, 0.5) is 4.79 Å². The van der Waals surface area contributed by atoms with E-state index in [1.807, 2.05) is 0 Å². The first-order chi connectivity index (χ1) is 4.22. The highest BCUT2D eigenvalue weighted by atomic mass is 16.2. The number of rotatable bonds is 2. The first-order valence-electron chi connectivity index (χ1n) is 2.37. The summed E-state index contributed by atoms with van der Waals surface area (Å²) in [5, 5.41) is 0. The molecule has 0 fully saturated rings. The van der Waals surface area contributed by atoms with Crippen molar-refractivity contribution in [3.8, 4) is 0 Å². The SMILES string of the molecule is CNNC(=O)N(C)C=O. The predicted octanol–water partition coefficient (Wildman–Crippen LogP) is -1.08. The fraction of sp³-hybridized carbons (Fsp3) is 0.500. The second kappa shape index (κ2) is 3.85. The summed E-state index contributed by atoms with van der Waals surface area (Å²) >= 11 is 0. The maximum atomic E-state index is 10.5. The molecule has 3 amide bonds. The van der Waals surface area contributed by atoms with E-state index in [0.29, 0.717) is 6.41 Å². The van der Waals surface area contributed by atoms with Crippen LogP contribution in [0.3, 0.4) is 0 Å². The molecule has 52 valence electrons. The number of imide groups is 1. The molecule has 0 heterocycles. The maximum Gasteiger partial charge on any atom is 0.337 e. The number of hydrogen-bond acceptors (Lipinski definition) is 3. The van der Waals surface area contributed by atoms with Gasteiger partial charge in [-0.05, 0) is 0 Å². The average molecular weight is 131 g/mol. The minimum atomic E-state index is -0.479. The summed E-state index contributed by atoms with van der Waals surface area (Å²) in [7, 11) is 2.90. The molecular weight excluding hydrogens is 122 g/mol. The summed E-state index contributed by atoms with van der Waals surface area (Å²) < 4.78 is 0. The predicted molar refractivity (Wildman–Crippen MR) is 31.4 cm³/mol. The molecule has 2 N–H and O–H groups in total. The van der Waals surface area contributed by atoms with Crippen LogP contribution in [0.5, 0.6) is 0 Å². The summed E-state index contributed by atoms with van der Waals surface area (Å²) in [6.45, 7) is 0.